The van der Waals surface area contributed by atoms with Crippen LogP contribution in [0.2, 0.25) is 0 Å². The standard InChI is InChI=1S/C12H21NO5S/c1-3-4-7-19-8-10(14)13-9(12(16)17)5-6-11(15)18-2/h9H,3-8H2,1-2H3,(H,13,14)(H,16,17)/t9-/m1/s1. The van der Waals surface area contributed by atoms with Crippen LogP contribution in [0.4, 0.5) is 0 Å². The fourth-order valence-electron chi connectivity index (χ4n) is 1.27. The normalized spacial score (nSPS) is 11.7. The molecule has 0 aliphatic heterocycles. The maximum absolute atomic E-state index is 11.5. The maximum Gasteiger partial charge on any atom is 0.326 e. The van der Waals surface area contributed by atoms with Crippen molar-refractivity contribution in [1.82, 2.24) is 5.32 Å². The van der Waals surface area contributed by atoms with Crippen LogP contribution >= 0.6 is 11.8 Å². The van der Waals surface area contributed by atoms with Crippen LogP contribution < -0.4 is 5.32 Å². The van der Waals surface area contributed by atoms with E-state index in [2.05, 4.69) is 17.0 Å². The molecule has 0 rings (SSSR count). The van der Waals surface area contributed by atoms with Gasteiger partial charge in [0.1, 0.15) is 6.04 Å². The Labute approximate surface area is 117 Å². The van der Waals surface area contributed by atoms with Crippen LogP contribution in [0.1, 0.15) is 32.6 Å². The fourth-order valence-corrected chi connectivity index (χ4v) is 2.17. The number of carbonyl (C=O) groups excluding carboxylic acids is 2. The number of esters is 1. The number of nitrogens with one attached hydrogen (secondary N) is 1. The minimum atomic E-state index is -1.14. The minimum Gasteiger partial charge on any atom is -0.480 e. The van der Waals surface area contributed by atoms with Gasteiger partial charge in [-0.15, -0.1) is 0 Å². The average Bonchev–Trinajstić information content (AvgIpc) is 2.38. The van der Waals surface area contributed by atoms with Gasteiger partial charge in [-0.05, 0) is 18.6 Å². The first kappa shape index (κ1) is 17.8. The second kappa shape index (κ2) is 10.7. The number of aliphatic carboxylic acids is 1. The molecule has 0 aromatic carbocycles. The number of methoxy groups -OCH3 is 1. The predicted octanol–water partition coefficient (Wildman–Crippen LogP) is 1.04. The third-order valence-corrected chi connectivity index (χ3v) is 3.42. The zero-order valence-electron chi connectivity index (χ0n) is 11.3. The molecule has 19 heavy (non-hydrogen) atoms. The van der Waals surface area contributed by atoms with E-state index in [1.165, 1.54) is 18.9 Å². The number of hydrogen-bond acceptors (Lipinski definition) is 5. The highest BCUT2D eigenvalue weighted by Gasteiger charge is 2.20. The number of carbonyl (C=O) groups is 3. The van der Waals surface area contributed by atoms with Gasteiger partial charge >= 0.3 is 11.9 Å². The van der Waals surface area contributed by atoms with Gasteiger partial charge < -0.3 is 15.2 Å². The summed E-state index contributed by atoms with van der Waals surface area (Å²) in [7, 11) is 1.24. The molecule has 1 amide bonds. The average molecular weight is 291 g/mol. The first-order chi connectivity index (χ1) is 9.01. The molecule has 2 N–H and O–H groups in total. The molecule has 0 heterocycles. The van der Waals surface area contributed by atoms with Crippen molar-refractivity contribution < 1.29 is 24.2 Å². The third kappa shape index (κ3) is 9.35. The van der Waals surface area contributed by atoms with Crippen molar-refractivity contribution in [2.75, 3.05) is 18.6 Å². The highest BCUT2D eigenvalue weighted by atomic mass is 32.2. The number of carboxylic acids is 1. The summed E-state index contributed by atoms with van der Waals surface area (Å²) in [6.07, 6.45) is 2.10. The van der Waals surface area contributed by atoms with Gasteiger partial charge in [0.2, 0.25) is 5.91 Å². The molecule has 0 radical (unpaired) electrons. The van der Waals surface area contributed by atoms with Crippen LogP contribution in [-0.2, 0) is 19.1 Å². The molecule has 7 heteroatoms. The van der Waals surface area contributed by atoms with Crippen LogP contribution in [-0.4, -0.2) is 47.6 Å². The molecule has 0 aliphatic rings. The SMILES string of the molecule is CCCCSCC(=O)N[C@H](CCC(=O)OC)C(=O)O. The Morgan fingerprint density at radius 3 is 2.58 bits per heavy atom. The van der Waals surface area contributed by atoms with E-state index in [-0.39, 0.29) is 24.5 Å². The smallest absolute Gasteiger partial charge is 0.326 e. The Morgan fingerprint density at radius 2 is 2.05 bits per heavy atom. The number of hydrogen-bond donors (Lipinski definition) is 2. The molecule has 0 aromatic rings. The molecule has 0 fully saturated rings. The number of thioether (sulfide) groups is 1. The van der Waals surface area contributed by atoms with E-state index in [4.69, 9.17) is 5.11 Å². The summed E-state index contributed by atoms with van der Waals surface area (Å²) in [6.45, 7) is 2.06. The summed E-state index contributed by atoms with van der Waals surface area (Å²) in [5.74, 6) is -0.835. The molecule has 0 spiro atoms. The van der Waals surface area contributed by atoms with E-state index in [1.807, 2.05) is 0 Å². The number of rotatable bonds is 10. The van der Waals surface area contributed by atoms with Gasteiger partial charge in [0.25, 0.3) is 0 Å². The largest absolute Gasteiger partial charge is 0.480 e. The lowest BCUT2D eigenvalue weighted by Crippen LogP contribution is -2.42. The van der Waals surface area contributed by atoms with Crippen molar-refractivity contribution in [2.45, 2.75) is 38.6 Å². The van der Waals surface area contributed by atoms with E-state index >= 15 is 0 Å². The first-order valence-corrected chi connectivity index (χ1v) is 7.33. The van der Waals surface area contributed by atoms with E-state index in [0.717, 1.165) is 18.6 Å². The number of amides is 1. The van der Waals surface area contributed by atoms with Crippen molar-refractivity contribution in [1.29, 1.82) is 0 Å². The van der Waals surface area contributed by atoms with Crippen LogP contribution in [0.5, 0.6) is 0 Å². The molecule has 110 valence electrons. The van der Waals surface area contributed by atoms with Crippen molar-refractivity contribution in [3.63, 3.8) is 0 Å². The summed E-state index contributed by atoms with van der Waals surface area (Å²) in [4.78, 5) is 33.4. The van der Waals surface area contributed by atoms with Crippen molar-refractivity contribution >= 4 is 29.6 Å². The van der Waals surface area contributed by atoms with Crippen molar-refractivity contribution in [2.24, 2.45) is 0 Å². The summed E-state index contributed by atoms with van der Waals surface area (Å²) in [6, 6.07) is -1.04. The fraction of sp³-hybridized carbons (Fsp3) is 0.750. The van der Waals surface area contributed by atoms with E-state index in [1.54, 1.807) is 0 Å². The van der Waals surface area contributed by atoms with Crippen LogP contribution in [0.3, 0.4) is 0 Å². The van der Waals surface area contributed by atoms with Gasteiger partial charge in [0, 0.05) is 6.42 Å². The predicted molar refractivity (Wildman–Crippen MR) is 73.0 cm³/mol. The molecule has 0 aromatic heterocycles. The molecule has 6 nitrogen and oxygen atoms in total. The van der Waals surface area contributed by atoms with Crippen molar-refractivity contribution in [3.05, 3.63) is 0 Å². The van der Waals surface area contributed by atoms with Gasteiger partial charge in [-0.2, -0.15) is 11.8 Å². The lowest BCUT2D eigenvalue weighted by atomic mass is 10.1. The summed E-state index contributed by atoms with van der Waals surface area (Å²) >= 11 is 1.47. The zero-order chi connectivity index (χ0) is 14.7. The van der Waals surface area contributed by atoms with Gasteiger partial charge in [0.05, 0.1) is 12.9 Å². The second-order valence-electron chi connectivity index (χ2n) is 3.98. The van der Waals surface area contributed by atoms with Crippen LogP contribution in [0.15, 0.2) is 0 Å². The molecule has 0 bridgehead atoms. The Bertz CT molecular complexity index is 308. The summed E-state index contributed by atoms with van der Waals surface area (Å²) in [5, 5.41) is 11.3. The highest BCUT2D eigenvalue weighted by molar-refractivity contribution is 7.99. The zero-order valence-corrected chi connectivity index (χ0v) is 12.1. The Morgan fingerprint density at radius 1 is 1.37 bits per heavy atom. The van der Waals surface area contributed by atoms with E-state index in [9.17, 15) is 14.4 Å². The number of carboxylic acid groups (broad SMARTS) is 1. The molecular formula is C12H21NO5S. The molecule has 1 atom stereocenters. The van der Waals surface area contributed by atoms with Gasteiger partial charge in [0.15, 0.2) is 0 Å². The second-order valence-corrected chi connectivity index (χ2v) is 5.08. The highest BCUT2D eigenvalue weighted by Crippen LogP contribution is 2.05. The molecule has 0 saturated carbocycles. The van der Waals surface area contributed by atoms with Crippen LogP contribution in [0.25, 0.3) is 0 Å². The van der Waals surface area contributed by atoms with Crippen molar-refractivity contribution in [3.8, 4) is 0 Å². The number of unbranched alkanes of at least 4 members (excludes halogenated alkanes) is 1. The monoisotopic (exact) mass is 291 g/mol. The molecule has 0 aliphatic carbocycles. The third-order valence-electron chi connectivity index (χ3n) is 2.37. The summed E-state index contributed by atoms with van der Waals surface area (Å²) < 4.78 is 4.43. The number of ether oxygens (including phenoxy) is 1. The molecular weight excluding hydrogens is 270 g/mol. The lowest BCUT2D eigenvalue weighted by molar-refractivity contribution is -0.143. The quantitative estimate of drug-likeness (QED) is 0.461. The summed E-state index contributed by atoms with van der Waals surface area (Å²) in [5.41, 5.74) is 0. The van der Waals surface area contributed by atoms with Gasteiger partial charge in [-0.3, -0.25) is 9.59 Å². The van der Waals surface area contributed by atoms with E-state index in [0.29, 0.717) is 0 Å². The topological polar surface area (TPSA) is 92.7 Å². The Hall–Kier alpha value is -1.24. The van der Waals surface area contributed by atoms with E-state index < -0.39 is 18.0 Å². The Kier molecular flexibility index (Phi) is 9.97. The maximum atomic E-state index is 11.5. The van der Waals surface area contributed by atoms with Crippen LogP contribution in [0, 0.1) is 0 Å². The minimum absolute atomic E-state index is 0.0310. The van der Waals surface area contributed by atoms with Gasteiger partial charge in [-0.25, -0.2) is 4.79 Å². The first-order valence-electron chi connectivity index (χ1n) is 6.18. The molecule has 0 saturated heterocycles. The Balaban J connectivity index is 4.01. The van der Waals surface area contributed by atoms with Gasteiger partial charge in [-0.1, -0.05) is 13.3 Å². The molecule has 0 unspecified atom stereocenters. The lowest BCUT2D eigenvalue weighted by Gasteiger charge is -2.13.